The Morgan fingerprint density at radius 2 is 2.40 bits per heavy atom. The van der Waals surface area contributed by atoms with Gasteiger partial charge >= 0.3 is 0 Å². The molecule has 1 fully saturated rings. The predicted octanol–water partition coefficient (Wildman–Crippen LogP) is 2.37. The number of pyridine rings is 1. The van der Waals surface area contributed by atoms with E-state index >= 15 is 0 Å². The Hall–Kier alpha value is -0.960. The first-order chi connectivity index (χ1) is 7.25. The molecule has 0 spiro atoms. The van der Waals surface area contributed by atoms with Gasteiger partial charge in [-0.1, -0.05) is 6.07 Å². The summed E-state index contributed by atoms with van der Waals surface area (Å²) in [7, 11) is 0. The highest BCUT2D eigenvalue weighted by Crippen LogP contribution is 2.22. The first-order valence-electron chi connectivity index (χ1n) is 5.53. The number of nitrogens with one attached hydrogen (secondary N) is 1. The number of hydrogen-bond donors (Lipinski definition) is 1. The van der Waals surface area contributed by atoms with Crippen LogP contribution in [0, 0.1) is 6.92 Å². The monoisotopic (exact) mass is 208 g/mol. The minimum absolute atomic E-state index is 0.347. The maximum Gasteiger partial charge on any atom is 0.102 e. The Morgan fingerprint density at radius 1 is 1.53 bits per heavy atom. The van der Waals surface area contributed by atoms with Crippen molar-refractivity contribution in [1.29, 1.82) is 0 Å². The molecule has 82 valence electrons. The van der Waals surface area contributed by atoms with Crippen LogP contribution >= 0.6 is 0 Å². The second-order valence-corrected chi connectivity index (χ2v) is 4.24. The fraction of sp³-hybridized carbons (Fsp3) is 0.583. The van der Waals surface area contributed by atoms with E-state index in [9.17, 15) is 4.39 Å². The summed E-state index contributed by atoms with van der Waals surface area (Å²) in [6.07, 6.45) is 3.53. The van der Waals surface area contributed by atoms with E-state index in [0.717, 1.165) is 18.7 Å². The van der Waals surface area contributed by atoms with Gasteiger partial charge in [-0.15, -0.1) is 0 Å². The van der Waals surface area contributed by atoms with E-state index in [4.69, 9.17) is 0 Å². The summed E-state index contributed by atoms with van der Waals surface area (Å²) >= 11 is 0. The van der Waals surface area contributed by atoms with Crippen molar-refractivity contribution >= 4 is 0 Å². The van der Waals surface area contributed by atoms with Gasteiger partial charge in [-0.3, -0.25) is 4.98 Å². The third-order valence-corrected chi connectivity index (χ3v) is 3.07. The molecule has 0 amide bonds. The van der Waals surface area contributed by atoms with Crippen LogP contribution in [0.4, 0.5) is 4.39 Å². The van der Waals surface area contributed by atoms with E-state index < -0.39 is 6.17 Å². The quantitative estimate of drug-likeness (QED) is 0.825. The van der Waals surface area contributed by atoms with Crippen molar-refractivity contribution in [3.8, 4) is 0 Å². The third-order valence-electron chi connectivity index (χ3n) is 3.07. The SMILES string of the molecule is Cc1ncccc1CN[C@@H]1CC[C@H](F)C1. The lowest BCUT2D eigenvalue weighted by atomic mass is 10.2. The van der Waals surface area contributed by atoms with Crippen molar-refractivity contribution in [2.24, 2.45) is 0 Å². The average Bonchev–Trinajstić information content (AvgIpc) is 2.63. The van der Waals surface area contributed by atoms with Crippen LogP contribution in [0.25, 0.3) is 0 Å². The topological polar surface area (TPSA) is 24.9 Å². The molecule has 1 saturated carbocycles. The zero-order valence-corrected chi connectivity index (χ0v) is 9.04. The van der Waals surface area contributed by atoms with E-state index in [1.165, 1.54) is 5.56 Å². The van der Waals surface area contributed by atoms with Crippen LogP contribution in [0.3, 0.4) is 0 Å². The minimum Gasteiger partial charge on any atom is -0.310 e. The molecule has 0 aliphatic heterocycles. The highest BCUT2D eigenvalue weighted by molar-refractivity contribution is 5.17. The van der Waals surface area contributed by atoms with Crippen LogP contribution < -0.4 is 5.32 Å². The number of hydrogen-bond acceptors (Lipinski definition) is 2. The van der Waals surface area contributed by atoms with Crippen molar-refractivity contribution in [2.45, 2.75) is 44.9 Å². The number of aromatic nitrogens is 1. The first kappa shape index (κ1) is 10.6. The molecule has 2 rings (SSSR count). The summed E-state index contributed by atoms with van der Waals surface area (Å²) < 4.78 is 12.9. The number of rotatable bonds is 3. The Morgan fingerprint density at radius 3 is 3.07 bits per heavy atom. The molecule has 1 aliphatic carbocycles. The molecule has 0 unspecified atom stereocenters. The first-order valence-corrected chi connectivity index (χ1v) is 5.53. The molecule has 15 heavy (non-hydrogen) atoms. The minimum atomic E-state index is -0.600. The molecule has 3 heteroatoms. The Kier molecular flexibility index (Phi) is 3.31. The summed E-state index contributed by atoms with van der Waals surface area (Å²) in [5, 5.41) is 3.39. The highest BCUT2D eigenvalue weighted by atomic mass is 19.1. The summed E-state index contributed by atoms with van der Waals surface area (Å²) in [5.74, 6) is 0. The van der Waals surface area contributed by atoms with Gasteiger partial charge in [0.15, 0.2) is 0 Å². The van der Waals surface area contributed by atoms with Crippen molar-refractivity contribution in [3.05, 3.63) is 29.6 Å². The number of aryl methyl sites for hydroxylation is 1. The predicted molar refractivity (Wildman–Crippen MR) is 58.3 cm³/mol. The molecule has 1 aliphatic rings. The lowest BCUT2D eigenvalue weighted by Gasteiger charge is -2.12. The second-order valence-electron chi connectivity index (χ2n) is 4.24. The average molecular weight is 208 g/mol. The van der Waals surface area contributed by atoms with E-state index in [1.807, 2.05) is 13.0 Å². The van der Waals surface area contributed by atoms with Crippen molar-refractivity contribution < 1.29 is 4.39 Å². The lowest BCUT2D eigenvalue weighted by molar-refractivity contribution is 0.333. The van der Waals surface area contributed by atoms with Crippen LogP contribution in [0.15, 0.2) is 18.3 Å². The van der Waals surface area contributed by atoms with Gasteiger partial charge in [-0.2, -0.15) is 0 Å². The van der Waals surface area contributed by atoms with Crippen molar-refractivity contribution in [2.75, 3.05) is 0 Å². The lowest BCUT2D eigenvalue weighted by Crippen LogP contribution is -2.26. The molecule has 2 nitrogen and oxygen atoms in total. The largest absolute Gasteiger partial charge is 0.310 e. The van der Waals surface area contributed by atoms with Crippen LogP contribution in [0.1, 0.15) is 30.5 Å². The second kappa shape index (κ2) is 4.71. The summed E-state index contributed by atoms with van der Waals surface area (Å²) in [5.41, 5.74) is 2.26. The number of alkyl halides is 1. The van der Waals surface area contributed by atoms with Gasteiger partial charge < -0.3 is 5.32 Å². The summed E-state index contributed by atoms with van der Waals surface area (Å²) in [4.78, 5) is 4.23. The highest BCUT2D eigenvalue weighted by Gasteiger charge is 2.23. The van der Waals surface area contributed by atoms with Crippen molar-refractivity contribution in [3.63, 3.8) is 0 Å². The number of nitrogens with zero attached hydrogens (tertiary/aromatic N) is 1. The summed E-state index contributed by atoms with van der Waals surface area (Å²) in [6.45, 7) is 2.81. The maximum atomic E-state index is 12.9. The van der Waals surface area contributed by atoms with Gasteiger partial charge in [-0.05, 0) is 37.8 Å². The zero-order chi connectivity index (χ0) is 10.7. The van der Waals surface area contributed by atoms with Crippen LogP contribution in [0.5, 0.6) is 0 Å². The summed E-state index contributed by atoms with van der Waals surface area (Å²) in [6, 6.07) is 4.35. The maximum absolute atomic E-state index is 12.9. The van der Waals surface area contributed by atoms with E-state index in [1.54, 1.807) is 6.20 Å². The molecular formula is C12H17FN2. The smallest absolute Gasteiger partial charge is 0.102 e. The molecule has 0 bridgehead atoms. The molecule has 0 saturated heterocycles. The van der Waals surface area contributed by atoms with Gasteiger partial charge in [0.25, 0.3) is 0 Å². The van der Waals surface area contributed by atoms with Gasteiger partial charge in [0.05, 0.1) is 0 Å². The molecule has 0 radical (unpaired) electrons. The fourth-order valence-electron chi connectivity index (χ4n) is 2.07. The third kappa shape index (κ3) is 2.75. The Bertz CT molecular complexity index is 327. The van der Waals surface area contributed by atoms with Crippen LogP contribution in [-0.2, 0) is 6.54 Å². The molecule has 1 aromatic heterocycles. The van der Waals surface area contributed by atoms with Crippen LogP contribution in [0.2, 0.25) is 0 Å². The molecule has 0 aromatic carbocycles. The van der Waals surface area contributed by atoms with Gasteiger partial charge in [0.1, 0.15) is 6.17 Å². The van der Waals surface area contributed by atoms with E-state index in [-0.39, 0.29) is 0 Å². The van der Waals surface area contributed by atoms with E-state index in [2.05, 4.69) is 16.4 Å². The van der Waals surface area contributed by atoms with Gasteiger partial charge in [0, 0.05) is 24.5 Å². The van der Waals surface area contributed by atoms with Crippen LogP contribution in [-0.4, -0.2) is 17.2 Å². The zero-order valence-electron chi connectivity index (χ0n) is 9.04. The number of halogens is 1. The fourth-order valence-corrected chi connectivity index (χ4v) is 2.07. The molecule has 1 heterocycles. The normalized spacial score (nSPS) is 25.7. The molecule has 1 aromatic rings. The van der Waals surface area contributed by atoms with Crippen molar-refractivity contribution in [1.82, 2.24) is 10.3 Å². The van der Waals surface area contributed by atoms with E-state index in [0.29, 0.717) is 18.9 Å². The molecular weight excluding hydrogens is 191 g/mol. The molecule has 2 atom stereocenters. The Balaban J connectivity index is 1.86. The molecule has 1 N–H and O–H groups in total. The standard InChI is InChI=1S/C12H17FN2/c1-9-10(3-2-6-14-9)8-15-12-5-4-11(13)7-12/h2-3,6,11-12,15H,4-5,7-8H2,1H3/t11-,12+/m0/s1. The van der Waals surface area contributed by atoms with Gasteiger partial charge in [-0.25, -0.2) is 4.39 Å². The Labute approximate surface area is 89.9 Å². The van der Waals surface area contributed by atoms with Gasteiger partial charge in [0.2, 0.25) is 0 Å².